The van der Waals surface area contributed by atoms with Gasteiger partial charge in [0.15, 0.2) is 12.6 Å². The van der Waals surface area contributed by atoms with Gasteiger partial charge in [-0.3, -0.25) is 4.99 Å². The standard InChI is InChI=1S/C17H19ClF3N5O/c1-22-16(23-7-6-12-2-4-14(18)24-8-12)26-10-13-3-5-15(25-9-13)27-11-17(19,20)21/h2-5,8-9H,6-7,10-11H2,1H3,(H2,22,23,26). The molecule has 2 aromatic rings. The zero-order chi connectivity index (χ0) is 19.7. The summed E-state index contributed by atoms with van der Waals surface area (Å²) in [5.41, 5.74) is 1.82. The van der Waals surface area contributed by atoms with E-state index >= 15 is 0 Å². The molecule has 2 aromatic heterocycles. The molecule has 0 bridgehead atoms. The van der Waals surface area contributed by atoms with Crippen LogP contribution in [0.15, 0.2) is 41.7 Å². The third-order valence-corrected chi connectivity index (χ3v) is 3.58. The van der Waals surface area contributed by atoms with Crippen LogP contribution in [0, 0.1) is 0 Å². The van der Waals surface area contributed by atoms with Crippen LogP contribution in [0.25, 0.3) is 0 Å². The monoisotopic (exact) mass is 401 g/mol. The third kappa shape index (κ3) is 8.12. The van der Waals surface area contributed by atoms with Crippen molar-refractivity contribution in [2.75, 3.05) is 20.2 Å². The van der Waals surface area contributed by atoms with Crippen molar-refractivity contribution >= 4 is 17.6 Å². The third-order valence-electron chi connectivity index (χ3n) is 3.36. The molecule has 0 amide bonds. The van der Waals surface area contributed by atoms with E-state index < -0.39 is 12.8 Å². The second-order valence-corrected chi connectivity index (χ2v) is 5.89. The summed E-state index contributed by atoms with van der Waals surface area (Å²) < 4.78 is 40.9. The van der Waals surface area contributed by atoms with Crippen molar-refractivity contribution < 1.29 is 17.9 Å². The molecule has 0 saturated heterocycles. The number of aromatic nitrogens is 2. The minimum atomic E-state index is -4.39. The van der Waals surface area contributed by atoms with Crippen LogP contribution in [0.4, 0.5) is 13.2 Å². The van der Waals surface area contributed by atoms with Gasteiger partial charge in [0.1, 0.15) is 5.15 Å². The lowest BCUT2D eigenvalue weighted by atomic mass is 10.2. The first-order chi connectivity index (χ1) is 12.9. The normalized spacial score (nSPS) is 12.0. The molecule has 0 aromatic carbocycles. The Bertz CT molecular complexity index is 736. The Balaban J connectivity index is 1.74. The number of alkyl halides is 3. The van der Waals surface area contributed by atoms with E-state index in [-0.39, 0.29) is 5.88 Å². The number of halogens is 4. The summed E-state index contributed by atoms with van der Waals surface area (Å²) in [5.74, 6) is 0.518. The molecular weight excluding hydrogens is 383 g/mol. The molecular formula is C17H19ClF3N5O. The number of nitrogens with zero attached hydrogens (tertiary/aromatic N) is 3. The van der Waals surface area contributed by atoms with Gasteiger partial charge in [-0.25, -0.2) is 9.97 Å². The molecule has 0 radical (unpaired) electrons. The Morgan fingerprint density at radius 3 is 2.44 bits per heavy atom. The number of nitrogens with one attached hydrogen (secondary N) is 2. The predicted molar refractivity (Wildman–Crippen MR) is 96.9 cm³/mol. The molecule has 146 valence electrons. The van der Waals surface area contributed by atoms with Gasteiger partial charge in [-0.1, -0.05) is 23.7 Å². The van der Waals surface area contributed by atoms with Crippen molar-refractivity contribution in [2.24, 2.45) is 4.99 Å². The average molecular weight is 402 g/mol. The van der Waals surface area contributed by atoms with Gasteiger partial charge in [-0.2, -0.15) is 13.2 Å². The number of pyridine rings is 2. The Kier molecular flexibility index (Phi) is 7.66. The molecule has 0 unspecified atom stereocenters. The van der Waals surface area contributed by atoms with Crippen LogP contribution in [-0.4, -0.2) is 42.3 Å². The lowest BCUT2D eigenvalue weighted by molar-refractivity contribution is -0.154. The summed E-state index contributed by atoms with van der Waals surface area (Å²) in [4.78, 5) is 12.0. The van der Waals surface area contributed by atoms with Crippen LogP contribution in [-0.2, 0) is 13.0 Å². The van der Waals surface area contributed by atoms with E-state index in [9.17, 15) is 13.2 Å². The molecule has 10 heteroatoms. The van der Waals surface area contributed by atoms with Gasteiger partial charge >= 0.3 is 6.18 Å². The van der Waals surface area contributed by atoms with Crippen LogP contribution >= 0.6 is 11.6 Å². The molecule has 0 aliphatic carbocycles. The first-order valence-electron chi connectivity index (χ1n) is 8.05. The van der Waals surface area contributed by atoms with Gasteiger partial charge in [0.2, 0.25) is 5.88 Å². The van der Waals surface area contributed by atoms with Gasteiger partial charge in [-0.15, -0.1) is 0 Å². The van der Waals surface area contributed by atoms with Crippen molar-refractivity contribution in [2.45, 2.75) is 19.1 Å². The fraction of sp³-hybridized carbons (Fsp3) is 0.353. The van der Waals surface area contributed by atoms with Crippen molar-refractivity contribution in [3.05, 3.63) is 52.9 Å². The Morgan fingerprint density at radius 2 is 1.85 bits per heavy atom. The molecule has 2 N–H and O–H groups in total. The van der Waals surface area contributed by atoms with Crippen LogP contribution in [0.3, 0.4) is 0 Å². The zero-order valence-electron chi connectivity index (χ0n) is 14.6. The summed E-state index contributed by atoms with van der Waals surface area (Å²) in [7, 11) is 1.64. The predicted octanol–water partition coefficient (Wildman–Crippen LogP) is 2.98. The highest BCUT2D eigenvalue weighted by Gasteiger charge is 2.28. The zero-order valence-corrected chi connectivity index (χ0v) is 15.3. The topological polar surface area (TPSA) is 71.4 Å². The summed E-state index contributed by atoms with van der Waals surface area (Å²) in [6, 6.07) is 6.67. The van der Waals surface area contributed by atoms with E-state index in [1.165, 1.54) is 12.3 Å². The van der Waals surface area contributed by atoms with E-state index in [2.05, 4.69) is 30.3 Å². The van der Waals surface area contributed by atoms with E-state index in [1.54, 1.807) is 25.4 Å². The Morgan fingerprint density at radius 1 is 1.11 bits per heavy atom. The van der Waals surface area contributed by atoms with Gasteiger partial charge in [0.05, 0.1) is 0 Å². The van der Waals surface area contributed by atoms with Crippen LogP contribution in [0.5, 0.6) is 5.88 Å². The summed E-state index contributed by atoms with van der Waals surface area (Å²) in [6.45, 7) is -0.308. The minimum absolute atomic E-state index is 0.0739. The molecule has 0 aliphatic heterocycles. The fourth-order valence-corrected chi connectivity index (χ4v) is 2.15. The number of hydrogen-bond acceptors (Lipinski definition) is 4. The maximum atomic E-state index is 12.1. The molecule has 0 atom stereocenters. The second kappa shape index (κ2) is 9.96. The van der Waals surface area contributed by atoms with Crippen molar-refractivity contribution in [3.63, 3.8) is 0 Å². The molecule has 2 rings (SSSR count). The minimum Gasteiger partial charge on any atom is -0.468 e. The average Bonchev–Trinajstić information content (AvgIpc) is 2.64. The van der Waals surface area contributed by atoms with E-state index in [0.29, 0.717) is 24.2 Å². The molecule has 0 saturated carbocycles. The van der Waals surface area contributed by atoms with Gasteiger partial charge < -0.3 is 15.4 Å². The Hall–Kier alpha value is -2.55. The highest BCUT2D eigenvalue weighted by molar-refractivity contribution is 6.29. The van der Waals surface area contributed by atoms with E-state index in [4.69, 9.17) is 11.6 Å². The van der Waals surface area contributed by atoms with Crippen LogP contribution < -0.4 is 15.4 Å². The SMILES string of the molecule is CN=C(NCCc1ccc(Cl)nc1)NCc1ccc(OCC(F)(F)F)nc1. The second-order valence-electron chi connectivity index (χ2n) is 5.50. The van der Waals surface area contributed by atoms with Gasteiger partial charge in [-0.05, 0) is 23.6 Å². The maximum Gasteiger partial charge on any atom is 0.422 e. The van der Waals surface area contributed by atoms with Crippen molar-refractivity contribution in [1.82, 2.24) is 20.6 Å². The number of hydrogen-bond donors (Lipinski definition) is 2. The first kappa shape index (κ1) is 20.8. The lowest BCUT2D eigenvalue weighted by Crippen LogP contribution is -2.37. The molecule has 6 nitrogen and oxygen atoms in total. The van der Waals surface area contributed by atoms with Crippen molar-refractivity contribution in [3.8, 4) is 5.88 Å². The number of ether oxygens (including phenoxy) is 1. The Labute approximate surface area is 159 Å². The van der Waals surface area contributed by atoms with E-state index in [1.807, 2.05) is 6.07 Å². The first-order valence-corrected chi connectivity index (χ1v) is 8.43. The lowest BCUT2D eigenvalue weighted by Gasteiger charge is -2.12. The summed E-state index contributed by atoms with van der Waals surface area (Å²) in [5, 5.41) is 6.71. The summed E-state index contributed by atoms with van der Waals surface area (Å²) >= 11 is 5.75. The quantitative estimate of drug-likeness (QED) is 0.424. The number of rotatable bonds is 7. The van der Waals surface area contributed by atoms with Crippen LogP contribution in [0.2, 0.25) is 5.15 Å². The van der Waals surface area contributed by atoms with E-state index in [0.717, 1.165) is 17.5 Å². The number of aliphatic imine (C=N–C) groups is 1. The molecule has 0 fully saturated rings. The maximum absolute atomic E-state index is 12.1. The molecule has 27 heavy (non-hydrogen) atoms. The van der Waals surface area contributed by atoms with Gasteiger partial charge in [0.25, 0.3) is 0 Å². The number of guanidine groups is 1. The summed E-state index contributed by atoms with van der Waals surface area (Å²) in [6.07, 6.45) is -0.473. The highest BCUT2D eigenvalue weighted by atomic mass is 35.5. The van der Waals surface area contributed by atoms with Crippen LogP contribution in [0.1, 0.15) is 11.1 Å². The molecule has 2 heterocycles. The smallest absolute Gasteiger partial charge is 0.422 e. The highest BCUT2D eigenvalue weighted by Crippen LogP contribution is 2.17. The molecule has 0 spiro atoms. The fourth-order valence-electron chi connectivity index (χ4n) is 2.04. The molecule has 0 aliphatic rings. The van der Waals surface area contributed by atoms with Gasteiger partial charge in [0, 0.05) is 38.6 Å². The largest absolute Gasteiger partial charge is 0.468 e. The van der Waals surface area contributed by atoms with Crippen molar-refractivity contribution in [1.29, 1.82) is 0 Å².